The van der Waals surface area contributed by atoms with Crippen LogP contribution in [0.15, 0.2) is 6.20 Å². The van der Waals surface area contributed by atoms with E-state index < -0.39 is 5.97 Å². The zero-order valence-electron chi connectivity index (χ0n) is 13.1. The van der Waals surface area contributed by atoms with Crippen molar-refractivity contribution >= 4 is 11.9 Å². The number of carboxylic acids is 1. The first-order valence-corrected chi connectivity index (χ1v) is 7.47. The number of unbranched alkanes of at least 4 members (excludes halogenated alkanes) is 3. The molecule has 1 aromatic rings. The number of carboxylic acid groups (broad SMARTS) is 1. The summed E-state index contributed by atoms with van der Waals surface area (Å²) in [6, 6.07) is 0.237. The van der Waals surface area contributed by atoms with Gasteiger partial charge in [-0.2, -0.15) is 5.10 Å². The Labute approximate surface area is 125 Å². The van der Waals surface area contributed by atoms with Crippen LogP contribution in [-0.2, 0) is 4.79 Å². The number of amides is 1. The van der Waals surface area contributed by atoms with Crippen molar-refractivity contribution in [2.75, 3.05) is 6.54 Å². The Kier molecular flexibility index (Phi) is 6.91. The van der Waals surface area contributed by atoms with E-state index in [-0.39, 0.29) is 18.4 Å². The van der Waals surface area contributed by atoms with Gasteiger partial charge in [-0.1, -0.05) is 12.8 Å². The van der Waals surface area contributed by atoms with E-state index in [9.17, 15) is 9.59 Å². The van der Waals surface area contributed by atoms with Gasteiger partial charge in [-0.25, -0.2) is 0 Å². The van der Waals surface area contributed by atoms with Crippen LogP contribution in [0.5, 0.6) is 0 Å². The minimum absolute atomic E-state index is 0.0927. The number of nitrogens with one attached hydrogen (secondary N) is 1. The van der Waals surface area contributed by atoms with Gasteiger partial charge in [-0.3, -0.25) is 14.3 Å². The van der Waals surface area contributed by atoms with Gasteiger partial charge in [0.05, 0.1) is 11.8 Å². The van der Waals surface area contributed by atoms with Gasteiger partial charge < -0.3 is 10.4 Å². The molecule has 0 radical (unpaired) electrons. The number of aromatic nitrogens is 2. The predicted octanol–water partition coefficient (Wildman–Crippen LogP) is 2.54. The Hall–Kier alpha value is -1.85. The first kappa shape index (κ1) is 17.2. The molecule has 0 aliphatic heterocycles. The Morgan fingerprint density at radius 3 is 2.52 bits per heavy atom. The lowest BCUT2D eigenvalue weighted by Gasteiger charge is -2.09. The van der Waals surface area contributed by atoms with Crippen molar-refractivity contribution in [3.05, 3.63) is 17.5 Å². The molecule has 0 aliphatic carbocycles. The number of carbonyl (C=O) groups is 2. The smallest absolute Gasteiger partial charge is 0.303 e. The van der Waals surface area contributed by atoms with Crippen LogP contribution in [0.3, 0.4) is 0 Å². The Balaban J connectivity index is 2.27. The van der Waals surface area contributed by atoms with Crippen molar-refractivity contribution in [3.63, 3.8) is 0 Å². The number of rotatable bonds is 9. The summed E-state index contributed by atoms with van der Waals surface area (Å²) in [4.78, 5) is 22.4. The number of carbonyl (C=O) groups excluding carboxylic acids is 1. The first-order chi connectivity index (χ1) is 9.93. The summed E-state index contributed by atoms with van der Waals surface area (Å²) in [5, 5.41) is 15.6. The molecule has 21 heavy (non-hydrogen) atoms. The molecule has 0 spiro atoms. The molecule has 1 heterocycles. The van der Waals surface area contributed by atoms with E-state index in [0.717, 1.165) is 25.0 Å². The Morgan fingerprint density at radius 2 is 1.95 bits per heavy atom. The summed E-state index contributed by atoms with van der Waals surface area (Å²) in [7, 11) is 0. The lowest BCUT2D eigenvalue weighted by atomic mass is 10.1. The molecule has 118 valence electrons. The normalized spacial score (nSPS) is 10.9. The molecule has 6 heteroatoms. The highest BCUT2D eigenvalue weighted by Crippen LogP contribution is 2.12. The van der Waals surface area contributed by atoms with Gasteiger partial charge in [0.25, 0.3) is 5.91 Å². The minimum Gasteiger partial charge on any atom is -0.481 e. The van der Waals surface area contributed by atoms with Crippen LogP contribution < -0.4 is 5.32 Å². The van der Waals surface area contributed by atoms with Gasteiger partial charge in [0.2, 0.25) is 0 Å². The maximum atomic E-state index is 12.0. The highest BCUT2D eigenvalue weighted by molar-refractivity contribution is 5.95. The molecule has 0 saturated heterocycles. The number of aliphatic carboxylic acids is 1. The topological polar surface area (TPSA) is 84.2 Å². The second kappa shape index (κ2) is 8.44. The summed E-state index contributed by atoms with van der Waals surface area (Å²) in [6.45, 7) is 6.56. The van der Waals surface area contributed by atoms with E-state index in [1.807, 2.05) is 25.5 Å². The number of nitrogens with zero attached hydrogens (tertiary/aromatic N) is 2. The van der Waals surface area contributed by atoms with Gasteiger partial charge >= 0.3 is 5.97 Å². The lowest BCUT2D eigenvalue weighted by molar-refractivity contribution is -0.137. The molecule has 1 amide bonds. The second-order valence-corrected chi connectivity index (χ2v) is 5.50. The van der Waals surface area contributed by atoms with E-state index >= 15 is 0 Å². The van der Waals surface area contributed by atoms with Crippen LogP contribution in [0.1, 0.15) is 68.0 Å². The van der Waals surface area contributed by atoms with Gasteiger partial charge in [0.1, 0.15) is 0 Å². The standard InChI is InChI=1S/C15H25N3O3/c1-11(2)18-12(3)13(10-17-18)15(21)16-9-7-5-4-6-8-14(19)20/h10-11H,4-9H2,1-3H3,(H,16,21)(H,19,20). The second-order valence-electron chi connectivity index (χ2n) is 5.50. The molecule has 0 fully saturated rings. The molecule has 1 aromatic heterocycles. The molecule has 0 unspecified atom stereocenters. The average molecular weight is 295 g/mol. The maximum Gasteiger partial charge on any atom is 0.303 e. The van der Waals surface area contributed by atoms with Crippen molar-refractivity contribution in [3.8, 4) is 0 Å². The largest absolute Gasteiger partial charge is 0.481 e. The maximum absolute atomic E-state index is 12.0. The summed E-state index contributed by atoms with van der Waals surface area (Å²) in [5.74, 6) is -0.842. The van der Waals surface area contributed by atoms with Crippen LogP contribution in [0.4, 0.5) is 0 Å². The summed E-state index contributed by atoms with van der Waals surface area (Å²) >= 11 is 0. The molecule has 0 bridgehead atoms. The van der Waals surface area contributed by atoms with Crippen LogP contribution in [0.2, 0.25) is 0 Å². The zero-order valence-corrected chi connectivity index (χ0v) is 13.1. The van der Waals surface area contributed by atoms with E-state index in [0.29, 0.717) is 18.5 Å². The highest BCUT2D eigenvalue weighted by Gasteiger charge is 2.14. The van der Waals surface area contributed by atoms with Crippen molar-refractivity contribution in [1.82, 2.24) is 15.1 Å². The minimum atomic E-state index is -0.749. The van der Waals surface area contributed by atoms with Crippen molar-refractivity contribution in [2.24, 2.45) is 0 Å². The molecular formula is C15H25N3O3. The van der Waals surface area contributed by atoms with Gasteiger partial charge in [0.15, 0.2) is 0 Å². The zero-order chi connectivity index (χ0) is 15.8. The van der Waals surface area contributed by atoms with Crippen LogP contribution in [-0.4, -0.2) is 33.3 Å². The van der Waals surface area contributed by atoms with E-state index in [2.05, 4.69) is 10.4 Å². The molecule has 0 atom stereocenters. The quantitative estimate of drug-likeness (QED) is 0.686. The third-order valence-corrected chi connectivity index (χ3v) is 3.38. The van der Waals surface area contributed by atoms with Crippen molar-refractivity contribution in [1.29, 1.82) is 0 Å². The number of hydrogen-bond acceptors (Lipinski definition) is 3. The third kappa shape index (κ3) is 5.57. The third-order valence-electron chi connectivity index (χ3n) is 3.38. The summed E-state index contributed by atoms with van der Waals surface area (Å²) in [6.07, 6.45) is 5.20. The monoisotopic (exact) mass is 295 g/mol. The van der Waals surface area contributed by atoms with E-state index in [1.165, 1.54) is 0 Å². The summed E-state index contributed by atoms with van der Waals surface area (Å²) in [5.41, 5.74) is 1.50. The fourth-order valence-electron chi connectivity index (χ4n) is 2.22. The average Bonchev–Trinajstić information content (AvgIpc) is 2.79. The Bertz CT molecular complexity index is 481. The van der Waals surface area contributed by atoms with E-state index in [4.69, 9.17) is 5.11 Å². The number of hydrogen-bond donors (Lipinski definition) is 2. The van der Waals surface area contributed by atoms with Crippen molar-refractivity contribution in [2.45, 2.75) is 58.9 Å². The Morgan fingerprint density at radius 1 is 1.29 bits per heavy atom. The van der Waals surface area contributed by atoms with E-state index in [1.54, 1.807) is 6.20 Å². The van der Waals surface area contributed by atoms with Gasteiger partial charge in [-0.05, 0) is 33.6 Å². The predicted molar refractivity (Wildman–Crippen MR) is 80.4 cm³/mol. The molecular weight excluding hydrogens is 270 g/mol. The lowest BCUT2D eigenvalue weighted by Crippen LogP contribution is -2.25. The fraction of sp³-hybridized carbons (Fsp3) is 0.667. The molecule has 0 saturated carbocycles. The van der Waals surface area contributed by atoms with Gasteiger partial charge in [-0.15, -0.1) is 0 Å². The van der Waals surface area contributed by atoms with Crippen molar-refractivity contribution < 1.29 is 14.7 Å². The first-order valence-electron chi connectivity index (χ1n) is 7.47. The summed E-state index contributed by atoms with van der Waals surface area (Å²) < 4.78 is 1.83. The van der Waals surface area contributed by atoms with Crippen LogP contribution in [0.25, 0.3) is 0 Å². The molecule has 0 aliphatic rings. The van der Waals surface area contributed by atoms with Crippen LogP contribution >= 0.6 is 0 Å². The van der Waals surface area contributed by atoms with Gasteiger partial charge in [0, 0.05) is 24.7 Å². The molecule has 1 rings (SSSR count). The SMILES string of the molecule is Cc1c(C(=O)NCCCCCCC(=O)O)cnn1C(C)C. The highest BCUT2D eigenvalue weighted by atomic mass is 16.4. The molecule has 6 nitrogen and oxygen atoms in total. The van der Waals surface area contributed by atoms with Crippen LogP contribution in [0, 0.1) is 6.92 Å². The molecule has 0 aromatic carbocycles. The molecule has 2 N–H and O–H groups in total. The fourth-order valence-corrected chi connectivity index (χ4v) is 2.22.